The molecule has 3 heteroatoms. The zero-order valence-corrected chi connectivity index (χ0v) is 14.6. The number of hydrogen-bond donors (Lipinski definition) is 0. The van der Waals surface area contributed by atoms with Crippen LogP contribution in [-0.4, -0.2) is 0 Å². The van der Waals surface area contributed by atoms with E-state index < -0.39 is 0 Å². The summed E-state index contributed by atoms with van der Waals surface area (Å²) >= 11 is 0. The van der Waals surface area contributed by atoms with Crippen LogP contribution in [0.3, 0.4) is 0 Å². The van der Waals surface area contributed by atoms with Crippen molar-refractivity contribution in [1.82, 2.24) is 0 Å². The molecule has 0 radical (unpaired) electrons. The van der Waals surface area contributed by atoms with E-state index in [1.807, 2.05) is 84.9 Å². The summed E-state index contributed by atoms with van der Waals surface area (Å²) in [4.78, 5) is 10.4. The maximum Gasteiger partial charge on any atom is 0.169 e. The molecule has 4 aromatic carbocycles. The Hall–Kier alpha value is -3.56. The third-order valence-electron chi connectivity index (χ3n) is 4.18. The fraction of sp³-hybridized carbons (Fsp3) is 0. The molecular formula is C24H18O3. The van der Waals surface area contributed by atoms with Crippen molar-refractivity contribution in [3.63, 3.8) is 0 Å². The molecule has 3 nitrogen and oxygen atoms in total. The molecule has 0 saturated heterocycles. The van der Waals surface area contributed by atoms with Crippen molar-refractivity contribution in [1.29, 1.82) is 0 Å². The van der Waals surface area contributed by atoms with Gasteiger partial charge in [0.25, 0.3) is 0 Å². The van der Waals surface area contributed by atoms with Crippen LogP contribution < -0.4 is 9.78 Å². The first-order chi connectivity index (χ1) is 13.4. The van der Waals surface area contributed by atoms with E-state index in [9.17, 15) is 0 Å². The molecule has 27 heavy (non-hydrogen) atoms. The van der Waals surface area contributed by atoms with Crippen LogP contribution in [0.4, 0.5) is 0 Å². The minimum atomic E-state index is 0.565. The van der Waals surface area contributed by atoms with Gasteiger partial charge in [-0.25, -0.2) is 0 Å². The lowest BCUT2D eigenvalue weighted by molar-refractivity contribution is -0.411. The van der Waals surface area contributed by atoms with Crippen LogP contribution in [0, 0.1) is 0 Å². The Morgan fingerprint density at radius 2 is 0.667 bits per heavy atom. The van der Waals surface area contributed by atoms with Gasteiger partial charge in [0.15, 0.2) is 11.5 Å². The van der Waals surface area contributed by atoms with Crippen LogP contribution in [0.25, 0.3) is 22.3 Å². The van der Waals surface area contributed by atoms with Crippen molar-refractivity contribution in [2.75, 3.05) is 0 Å². The molecule has 0 fully saturated rings. The van der Waals surface area contributed by atoms with Gasteiger partial charge in [-0.1, -0.05) is 84.9 Å². The standard InChI is InChI=1S/C24H18O3/c1-3-7-19(8-4-1)21-11-15-23(16-12-21)25-27-26-24-17-13-22(14-18-24)20-9-5-2-6-10-20/h1-18H. The van der Waals surface area contributed by atoms with E-state index in [1.54, 1.807) is 0 Å². The zero-order valence-electron chi connectivity index (χ0n) is 14.6. The van der Waals surface area contributed by atoms with Gasteiger partial charge in [0.2, 0.25) is 0 Å². The van der Waals surface area contributed by atoms with E-state index in [2.05, 4.69) is 24.3 Å². The van der Waals surface area contributed by atoms with Gasteiger partial charge < -0.3 is 0 Å². The Morgan fingerprint density at radius 1 is 0.333 bits per heavy atom. The third-order valence-corrected chi connectivity index (χ3v) is 4.18. The molecular weight excluding hydrogens is 336 g/mol. The van der Waals surface area contributed by atoms with Gasteiger partial charge in [-0.3, -0.25) is 9.78 Å². The maximum atomic E-state index is 5.19. The van der Waals surface area contributed by atoms with Crippen molar-refractivity contribution in [3.8, 4) is 33.8 Å². The molecule has 0 unspecified atom stereocenters. The molecule has 0 aliphatic rings. The molecule has 0 heterocycles. The molecule has 0 spiro atoms. The zero-order chi connectivity index (χ0) is 18.3. The SMILES string of the molecule is c1ccc(-c2ccc(OOOc3ccc(-c4ccccc4)cc3)cc2)cc1. The van der Waals surface area contributed by atoms with Crippen LogP contribution >= 0.6 is 0 Å². The molecule has 0 atom stereocenters. The molecule has 4 rings (SSSR count). The van der Waals surface area contributed by atoms with Gasteiger partial charge in [-0.2, -0.15) is 0 Å². The molecule has 0 aromatic heterocycles. The highest BCUT2D eigenvalue weighted by molar-refractivity contribution is 5.64. The van der Waals surface area contributed by atoms with E-state index in [1.165, 1.54) is 0 Å². The molecule has 0 bridgehead atoms. The normalized spacial score (nSPS) is 10.4. The second-order valence-corrected chi connectivity index (χ2v) is 6.02. The van der Waals surface area contributed by atoms with Crippen LogP contribution in [0.1, 0.15) is 0 Å². The van der Waals surface area contributed by atoms with Gasteiger partial charge >= 0.3 is 0 Å². The Kier molecular flexibility index (Phi) is 5.14. The predicted octanol–water partition coefficient (Wildman–Crippen LogP) is 6.33. The average Bonchev–Trinajstić information content (AvgIpc) is 2.76. The lowest BCUT2D eigenvalue weighted by Crippen LogP contribution is -2.01. The Labute approximate surface area is 158 Å². The van der Waals surface area contributed by atoms with Gasteiger partial charge in [0.1, 0.15) is 0 Å². The van der Waals surface area contributed by atoms with Crippen molar-refractivity contribution in [2.24, 2.45) is 0 Å². The topological polar surface area (TPSA) is 27.7 Å². The summed E-state index contributed by atoms with van der Waals surface area (Å²) < 4.78 is 0. The first kappa shape index (κ1) is 16.9. The van der Waals surface area contributed by atoms with E-state index in [4.69, 9.17) is 14.8 Å². The minimum Gasteiger partial charge on any atom is -0.299 e. The third kappa shape index (κ3) is 4.35. The van der Waals surface area contributed by atoms with Gasteiger partial charge in [0, 0.05) is 5.04 Å². The number of benzene rings is 4. The van der Waals surface area contributed by atoms with Gasteiger partial charge in [-0.05, 0) is 46.5 Å². The lowest BCUT2D eigenvalue weighted by Gasteiger charge is -2.07. The molecule has 0 N–H and O–H groups in total. The second-order valence-electron chi connectivity index (χ2n) is 6.02. The predicted molar refractivity (Wildman–Crippen MR) is 106 cm³/mol. The molecule has 132 valence electrons. The molecule has 0 aliphatic carbocycles. The van der Waals surface area contributed by atoms with Crippen molar-refractivity contribution in [3.05, 3.63) is 109 Å². The van der Waals surface area contributed by atoms with Crippen LogP contribution in [-0.2, 0) is 5.04 Å². The second kappa shape index (κ2) is 8.21. The Morgan fingerprint density at radius 3 is 1.04 bits per heavy atom. The van der Waals surface area contributed by atoms with Crippen LogP contribution in [0.15, 0.2) is 109 Å². The summed E-state index contributed by atoms with van der Waals surface area (Å²) in [6.07, 6.45) is 0. The summed E-state index contributed by atoms with van der Waals surface area (Å²) in [6, 6.07) is 35.6. The average molecular weight is 354 g/mol. The van der Waals surface area contributed by atoms with Gasteiger partial charge in [0.05, 0.1) is 0 Å². The monoisotopic (exact) mass is 354 g/mol. The van der Waals surface area contributed by atoms with Crippen molar-refractivity contribution >= 4 is 0 Å². The first-order valence-corrected chi connectivity index (χ1v) is 8.71. The van der Waals surface area contributed by atoms with Crippen LogP contribution in [0.2, 0.25) is 0 Å². The Balaban J connectivity index is 1.32. The molecule has 0 amide bonds. The molecule has 0 saturated carbocycles. The van der Waals surface area contributed by atoms with Gasteiger partial charge in [-0.15, -0.1) is 0 Å². The summed E-state index contributed by atoms with van der Waals surface area (Å²) in [5.41, 5.74) is 4.53. The number of hydrogen-bond acceptors (Lipinski definition) is 3. The van der Waals surface area contributed by atoms with E-state index in [0.717, 1.165) is 22.3 Å². The van der Waals surface area contributed by atoms with Crippen molar-refractivity contribution in [2.45, 2.75) is 0 Å². The fourth-order valence-electron chi connectivity index (χ4n) is 2.76. The largest absolute Gasteiger partial charge is 0.299 e. The summed E-state index contributed by atoms with van der Waals surface area (Å²) in [5, 5.41) is 4.90. The summed E-state index contributed by atoms with van der Waals surface area (Å²) in [5.74, 6) is 1.13. The molecule has 4 aromatic rings. The fourth-order valence-corrected chi connectivity index (χ4v) is 2.76. The minimum absolute atomic E-state index is 0.565. The lowest BCUT2D eigenvalue weighted by atomic mass is 10.1. The quantitative estimate of drug-likeness (QED) is 0.299. The summed E-state index contributed by atoms with van der Waals surface area (Å²) in [6.45, 7) is 0. The van der Waals surface area contributed by atoms with E-state index >= 15 is 0 Å². The van der Waals surface area contributed by atoms with Crippen molar-refractivity contribution < 1.29 is 14.8 Å². The smallest absolute Gasteiger partial charge is 0.169 e. The van der Waals surface area contributed by atoms with E-state index in [-0.39, 0.29) is 0 Å². The highest BCUT2D eigenvalue weighted by atomic mass is 17.5. The molecule has 0 aliphatic heterocycles. The Bertz CT molecular complexity index is 881. The number of rotatable bonds is 6. The van der Waals surface area contributed by atoms with E-state index in [0.29, 0.717) is 11.5 Å². The highest BCUT2D eigenvalue weighted by Gasteiger charge is 2.02. The van der Waals surface area contributed by atoms with Crippen LogP contribution in [0.5, 0.6) is 11.5 Å². The highest BCUT2D eigenvalue weighted by Crippen LogP contribution is 2.24. The maximum absolute atomic E-state index is 5.19. The summed E-state index contributed by atoms with van der Waals surface area (Å²) in [7, 11) is 0. The first-order valence-electron chi connectivity index (χ1n) is 8.71.